The molecule has 1 aromatic rings. The standard InChI is InChI=1S/C14H18O5/c1-4-19-14(17)10-5-6-11(12(8-10)18-3)9(2)7-13(15)16/h5-6,8-9H,4,7H2,1-3H3,(H,15,16)/t9-/m0/s1. The van der Waals surface area contributed by atoms with Crippen molar-refractivity contribution >= 4 is 11.9 Å². The summed E-state index contributed by atoms with van der Waals surface area (Å²) in [6.07, 6.45) is 0.00904. The maximum Gasteiger partial charge on any atom is 0.338 e. The molecule has 0 radical (unpaired) electrons. The molecule has 0 spiro atoms. The van der Waals surface area contributed by atoms with E-state index >= 15 is 0 Å². The molecule has 0 bridgehead atoms. The molecule has 5 nitrogen and oxygen atoms in total. The minimum absolute atomic E-state index is 0.00904. The number of carboxylic acid groups (broad SMARTS) is 1. The van der Waals surface area contributed by atoms with Crippen molar-refractivity contribution in [2.24, 2.45) is 0 Å². The van der Waals surface area contributed by atoms with Crippen LogP contribution in [-0.4, -0.2) is 30.8 Å². The Balaban J connectivity index is 3.02. The van der Waals surface area contributed by atoms with Gasteiger partial charge in [-0.25, -0.2) is 4.79 Å². The van der Waals surface area contributed by atoms with Gasteiger partial charge in [0.25, 0.3) is 0 Å². The number of carbonyl (C=O) groups is 2. The average Bonchev–Trinajstić information content (AvgIpc) is 2.37. The molecule has 1 N–H and O–H groups in total. The summed E-state index contributed by atoms with van der Waals surface area (Å²) in [4.78, 5) is 22.3. The smallest absolute Gasteiger partial charge is 0.338 e. The molecule has 0 saturated heterocycles. The van der Waals surface area contributed by atoms with Gasteiger partial charge in [-0.15, -0.1) is 0 Å². The molecule has 0 amide bonds. The van der Waals surface area contributed by atoms with E-state index in [2.05, 4.69) is 0 Å². The van der Waals surface area contributed by atoms with Crippen molar-refractivity contribution in [2.75, 3.05) is 13.7 Å². The Morgan fingerprint density at radius 1 is 1.37 bits per heavy atom. The van der Waals surface area contributed by atoms with Gasteiger partial charge < -0.3 is 14.6 Å². The highest BCUT2D eigenvalue weighted by Gasteiger charge is 2.17. The summed E-state index contributed by atoms with van der Waals surface area (Å²) < 4.78 is 10.1. The van der Waals surface area contributed by atoms with Crippen LogP contribution in [0.15, 0.2) is 18.2 Å². The second kappa shape index (κ2) is 6.78. The lowest BCUT2D eigenvalue weighted by atomic mass is 9.95. The summed E-state index contributed by atoms with van der Waals surface area (Å²) in [6.45, 7) is 3.84. The molecule has 0 fully saturated rings. The first kappa shape index (κ1) is 15.0. The van der Waals surface area contributed by atoms with Crippen molar-refractivity contribution in [1.29, 1.82) is 0 Å². The highest BCUT2D eigenvalue weighted by molar-refractivity contribution is 5.90. The van der Waals surface area contributed by atoms with Crippen LogP contribution in [-0.2, 0) is 9.53 Å². The van der Waals surface area contributed by atoms with E-state index in [0.717, 1.165) is 5.56 Å². The molecule has 0 unspecified atom stereocenters. The number of benzene rings is 1. The fourth-order valence-electron chi connectivity index (χ4n) is 1.83. The summed E-state index contributed by atoms with van der Waals surface area (Å²) in [7, 11) is 1.49. The first-order chi connectivity index (χ1) is 8.99. The molecule has 5 heteroatoms. The number of esters is 1. The van der Waals surface area contributed by atoms with Gasteiger partial charge in [-0.3, -0.25) is 4.79 Å². The second-order valence-corrected chi connectivity index (χ2v) is 4.18. The molecule has 0 aromatic heterocycles. The molecule has 104 valence electrons. The highest BCUT2D eigenvalue weighted by Crippen LogP contribution is 2.30. The van der Waals surface area contributed by atoms with Crippen molar-refractivity contribution in [1.82, 2.24) is 0 Å². The van der Waals surface area contributed by atoms with E-state index in [1.54, 1.807) is 32.0 Å². The molecule has 1 atom stereocenters. The van der Waals surface area contributed by atoms with Gasteiger partial charge in [-0.2, -0.15) is 0 Å². The summed E-state index contributed by atoms with van der Waals surface area (Å²) in [5.74, 6) is -0.981. The summed E-state index contributed by atoms with van der Waals surface area (Å²) in [6, 6.07) is 4.90. The highest BCUT2D eigenvalue weighted by atomic mass is 16.5. The largest absolute Gasteiger partial charge is 0.496 e. The van der Waals surface area contributed by atoms with Crippen LogP contribution in [0.1, 0.15) is 42.1 Å². The maximum atomic E-state index is 11.6. The molecule has 0 aliphatic heterocycles. The number of ether oxygens (including phenoxy) is 2. The Hall–Kier alpha value is -2.04. The lowest BCUT2D eigenvalue weighted by molar-refractivity contribution is -0.137. The molecule has 0 saturated carbocycles. The molecule has 1 aromatic carbocycles. The van der Waals surface area contributed by atoms with Gasteiger partial charge in [-0.1, -0.05) is 13.0 Å². The normalized spacial score (nSPS) is 11.7. The molecule has 0 aliphatic carbocycles. The predicted molar refractivity (Wildman–Crippen MR) is 69.6 cm³/mol. The third-order valence-corrected chi connectivity index (χ3v) is 2.76. The molecule has 1 rings (SSSR count). The fourth-order valence-corrected chi connectivity index (χ4v) is 1.83. The van der Waals surface area contributed by atoms with Gasteiger partial charge in [0.05, 0.1) is 25.7 Å². The van der Waals surface area contributed by atoms with E-state index < -0.39 is 11.9 Å². The Morgan fingerprint density at radius 2 is 2.05 bits per heavy atom. The first-order valence-corrected chi connectivity index (χ1v) is 6.06. The van der Waals surface area contributed by atoms with E-state index in [1.165, 1.54) is 7.11 Å². The lowest BCUT2D eigenvalue weighted by Crippen LogP contribution is -2.08. The van der Waals surface area contributed by atoms with E-state index in [1.807, 2.05) is 0 Å². The van der Waals surface area contributed by atoms with Gasteiger partial charge in [0.2, 0.25) is 0 Å². The summed E-state index contributed by atoms with van der Waals surface area (Å²) in [5.41, 5.74) is 1.16. The first-order valence-electron chi connectivity index (χ1n) is 6.06. The summed E-state index contributed by atoms with van der Waals surface area (Å²) in [5, 5.41) is 8.81. The zero-order valence-electron chi connectivity index (χ0n) is 11.3. The minimum Gasteiger partial charge on any atom is -0.496 e. The van der Waals surface area contributed by atoms with Gasteiger partial charge in [0.15, 0.2) is 0 Å². The zero-order chi connectivity index (χ0) is 14.4. The number of carboxylic acids is 1. The number of hydrogen-bond acceptors (Lipinski definition) is 4. The van der Waals surface area contributed by atoms with Crippen LogP contribution in [0.4, 0.5) is 0 Å². The van der Waals surface area contributed by atoms with Crippen LogP contribution in [0, 0.1) is 0 Å². The number of hydrogen-bond donors (Lipinski definition) is 1. The van der Waals surface area contributed by atoms with Crippen LogP contribution < -0.4 is 4.74 Å². The fraction of sp³-hybridized carbons (Fsp3) is 0.429. The Kier molecular flexibility index (Phi) is 5.36. The van der Waals surface area contributed by atoms with Gasteiger partial charge >= 0.3 is 11.9 Å². The third-order valence-electron chi connectivity index (χ3n) is 2.76. The monoisotopic (exact) mass is 266 g/mol. The molecule has 0 aliphatic rings. The maximum absolute atomic E-state index is 11.6. The van der Waals surface area contributed by atoms with Gasteiger partial charge in [0, 0.05) is 0 Å². The quantitative estimate of drug-likeness (QED) is 0.801. The van der Waals surface area contributed by atoms with Crippen LogP contribution in [0.25, 0.3) is 0 Å². The molecule has 0 heterocycles. The van der Waals surface area contributed by atoms with Gasteiger partial charge in [0.1, 0.15) is 5.75 Å². The SMILES string of the molecule is CCOC(=O)c1ccc([C@@H](C)CC(=O)O)c(OC)c1. The van der Waals surface area contributed by atoms with Crippen LogP contribution in [0.5, 0.6) is 5.75 Å². The van der Waals surface area contributed by atoms with Crippen LogP contribution in [0.3, 0.4) is 0 Å². The van der Waals surface area contributed by atoms with Gasteiger partial charge in [-0.05, 0) is 30.5 Å². The minimum atomic E-state index is -0.871. The number of rotatable bonds is 6. The predicted octanol–water partition coefficient (Wildman–Crippen LogP) is 2.45. The van der Waals surface area contributed by atoms with Crippen molar-refractivity contribution in [3.63, 3.8) is 0 Å². The second-order valence-electron chi connectivity index (χ2n) is 4.18. The van der Waals surface area contributed by atoms with E-state index in [0.29, 0.717) is 17.9 Å². The Morgan fingerprint density at radius 3 is 2.58 bits per heavy atom. The van der Waals surface area contributed by atoms with Crippen molar-refractivity contribution in [3.8, 4) is 5.75 Å². The average molecular weight is 266 g/mol. The Labute approximate surface area is 112 Å². The molecular formula is C14H18O5. The van der Waals surface area contributed by atoms with Crippen LogP contribution >= 0.6 is 0 Å². The van der Waals surface area contributed by atoms with Crippen molar-refractivity contribution < 1.29 is 24.2 Å². The number of aliphatic carboxylic acids is 1. The van der Waals surface area contributed by atoms with Crippen molar-refractivity contribution in [3.05, 3.63) is 29.3 Å². The topological polar surface area (TPSA) is 72.8 Å². The summed E-state index contributed by atoms with van der Waals surface area (Å²) >= 11 is 0. The van der Waals surface area contributed by atoms with Crippen molar-refractivity contribution in [2.45, 2.75) is 26.2 Å². The number of carbonyl (C=O) groups excluding carboxylic acids is 1. The zero-order valence-corrected chi connectivity index (χ0v) is 11.3. The van der Waals surface area contributed by atoms with Crippen LogP contribution in [0.2, 0.25) is 0 Å². The lowest BCUT2D eigenvalue weighted by Gasteiger charge is -2.15. The van der Waals surface area contributed by atoms with E-state index in [9.17, 15) is 9.59 Å². The molecular weight excluding hydrogens is 248 g/mol. The van der Waals surface area contributed by atoms with E-state index in [4.69, 9.17) is 14.6 Å². The Bertz CT molecular complexity index is 467. The third kappa shape index (κ3) is 3.98. The van der Waals surface area contributed by atoms with E-state index in [-0.39, 0.29) is 12.3 Å². The molecule has 19 heavy (non-hydrogen) atoms. The number of methoxy groups -OCH3 is 1.